The van der Waals surface area contributed by atoms with Crippen LogP contribution in [0, 0.1) is 17.5 Å². The van der Waals surface area contributed by atoms with Crippen LogP contribution in [-0.4, -0.2) is 6.18 Å². The molecule has 1 aromatic rings. The van der Waals surface area contributed by atoms with Gasteiger partial charge in [-0.3, -0.25) is 0 Å². The van der Waals surface area contributed by atoms with Crippen molar-refractivity contribution in [3.63, 3.8) is 0 Å². The number of hydrogen-bond acceptors (Lipinski definition) is 1. The summed E-state index contributed by atoms with van der Waals surface area (Å²) in [6.45, 7) is 0. The second-order valence-electron chi connectivity index (χ2n) is 2.90. The van der Waals surface area contributed by atoms with Crippen LogP contribution in [0.15, 0.2) is 6.07 Å². The summed E-state index contributed by atoms with van der Waals surface area (Å²) >= 11 is 5.01. The predicted octanol–water partition coefficient (Wildman–Crippen LogP) is 3.32. The van der Waals surface area contributed by atoms with Gasteiger partial charge in [0.1, 0.15) is 22.7 Å². The molecular weight excluding hydrogens is 260 g/mol. The quantitative estimate of drug-likeness (QED) is 0.469. The monoisotopic (exact) mass is 263 g/mol. The Kier molecular flexibility index (Phi) is 3.39. The SMILES string of the molecule is N[C@H](c1c(F)cc(F)c(Cl)c1F)C(F)(F)F. The molecule has 0 unspecified atom stereocenters. The van der Waals surface area contributed by atoms with Crippen molar-refractivity contribution in [2.24, 2.45) is 5.73 Å². The molecule has 8 heteroatoms. The molecule has 1 nitrogen and oxygen atoms in total. The zero-order valence-corrected chi connectivity index (χ0v) is 8.13. The molecule has 0 fully saturated rings. The van der Waals surface area contributed by atoms with Gasteiger partial charge in [0, 0.05) is 6.07 Å². The van der Waals surface area contributed by atoms with Gasteiger partial charge in [0.2, 0.25) is 0 Å². The van der Waals surface area contributed by atoms with Crippen LogP contribution in [0.1, 0.15) is 11.6 Å². The minimum atomic E-state index is -5.05. The average Bonchev–Trinajstić information content (AvgIpc) is 2.13. The highest BCUT2D eigenvalue weighted by Gasteiger charge is 2.41. The fraction of sp³-hybridized carbons (Fsp3) is 0.250. The summed E-state index contributed by atoms with van der Waals surface area (Å²) in [5.41, 5.74) is 3.11. The Balaban J connectivity index is 3.40. The molecule has 0 saturated heterocycles. The normalized spacial score (nSPS) is 14.0. The van der Waals surface area contributed by atoms with Crippen LogP contribution in [0.2, 0.25) is 5.02 Å². The Morgan fingerprint density at radius 2 is 1.62 bits per heavy atom. The molecule has 0 bridgehead atoms. The van der Waals surface area contributed by atoms with Gasteiger partial charge in [-0.15, -0.1) is 0 Å². The maximum atomic E-state index is 13.1. The van der Waals surface area contributed by atoms with Gasteiger partial charge >= 0.3 is 6.18 Å². The molecular formula is C8H4ClF6N. The number of benzene rings is 1. The molecule has 1 aromatic carbocycles. The zero-order chi connectivity index (χ0) is 12.7. The molecule has 16 heavy (non-hydrogen) atoms. The van der Waals surface area contributed by atoms with Crippen molar-refractivity contribution in [3.05, 3.63) is 34.1 Å². The lowest BCUT2D eigenvalue weighted by Gasteiger charge is -2.17. The van der Waals surface area contributed by atoms with E-state index in [0.717, 1.165) is 0 Å². The Bertz CT molecular complexity index is 416. The second-order valence-corrected chi connectivity index (χ2v) is 3.28. The van der Waals surface area contributed by atoms with Gasteiger partial charge in [-0.05, 0) is 0 Å². The summed E-state index contributed by atoms with van der Waals surface area (Å²) < 4.78 is 75.1. The topological polar surface area (TPSA) is 26.0 Å². The summed E-state index contributed by atoms with van der Waals surface area (Å²) in [5.74, 6) is -5.07. The molecule has 0 radical (unpaired) electrons. The van der Waals surface area contributed by atoms with E-state index >= 15 is 0 Å². The van der Waals surface area contributed by atoms with E-state index in [0.29, 0.717) is 0 Å². The third-order valence-electron chi connectivity index (χ3n) is 1.81. The fourth-order valence-corrected chi connectivity index (χ4v) is 1.19. The summed E-state index contributed by atoms with van der Waals surface area (Å²) in [4.78, 5) is 0. The van der Waals surface area contributed by atoms with Crippen LogP contribution < -0.4 is 5.73 Å². The number of hydrogen-bond donors (Lipinski definition) is 1. The van der Waals surface area contributed by atoms with Crippen molar-refractivity contribution < 1.29 is 26.3 Å². The standard InChI is InChI=1S/C8H4ClF6N/c9-5-3(11)1-2(10)4(6(5)12)7(16)8(13,14)15/h1,7H,16H2/t7-/m1/s1. The summed E-state index contributed by atoms with van der Waals surface area (Å²) in [6, 6.07) is -2.85. The van der Waals surface area contributed by atoms with E-state index in [9.17, 15) is 26.3 Å². The van der Waals surface area contributed by atoms with Gasteiger partial charge in [0.05, 0.1) is 5.56 Å². The van der Waals surface area contributed by atoms with Crippen LogP contribution in [0.25, 0.3) is 0 Å². The lowest BCUT2D eigenvalue weighted by atomic mass is 10.1. The van der Waals surface area contributed by atoms with E-state index in [1.165, 1.54) is 0 Å². The van der Waals surface area contributed by atoms with E-state index < -0.39 is 40.3 Å². The van der Waals surface area contributed by atoms with Crippen molar-refractivity contribution in [1.82, 2.24) is 0 Å². The Labute approximate surface area is 90.8 Å². The predicted molar refractivity (Wildman–Crippen MR) is 44.3 cm³/mol. The number of nitrogens with two attached hydrogens (primary N) is 1. The van der Waals surface area contributed by atoms with E-state index in [1.54, 1.807) is 0 Å². The fourth-order valence-electron chi connectivity index (χ4n) is 1.03. The smallest absolute Gasteiger partial charge is 0.316 e. The molecule has 2 N–H and O–H groups in total. The number of rotatable bonds is 1. The van der Waals surface area contributed by atoms with Crippen molar-refractivity contribution in [3.8, 4) is 0 Å². The van der Waals surface area contributed by atoms with Gasteiger partial charge < -0.3 is 5.73 Å². The zero-order valence-electron chi connectivity index (χ0n) is 7.38. The van der Waals surface area contributed by atoms with Crippen molar-refractivity contribution in [1.29, 1.82) is 0 Å². The maximum Gasteiger partial charge on any atom is 0.407 e. The molecule has 0 spiro atoms. The summed E-state index contributed by atoms with van der Waals surface area (Å²) in [6.07, 6.45) is -5.05. The minimum absolute atomic E-state index is 0.0480. The Hall–Kier alpha value is -0.950. The van der Waals surface area contributed by atoms with E-state index in [1.807, 2.05) is 0 Å². The number of halogens is 7. The Morgan fingerprint density at radius 3 is 2.06 bits per heavy atom. The van der Waals surface area contributed by atoms with Crippen LogP contribution >= 0.6 is 11.6 Å². The highest BCUT2D eigenvalue weighted by Crippen LogP contribution is 2.36. The van der Waals surface area contributed by atoms with Gasteiger partial charge in [-0.2, -0.15) is 13.2 Å². The lowest BCUT2D eigenvalue weighted by Crippen LogP contribution is -2.30. The first kappa shape index (κ1) is 13.1. The van der Waals surface area contributed by atoms with Gasteiger partial charge in [0.15, 0.2) is 5.82 Å². The van der Waals surface area contributed by atoms with E-state index in [2.05, 4.69) is 5.73 Å². The van der Waals surface area contributed by atoms with Crippen LogP contribution in [-0.2, 0) is 0 Å². The Morgan fingerprint density at radius 1 is 1.12 bits per heavy atom. The van der Waals surface area contributed by atoms with Crippen LogP contribution in [0.4, 0.5) is 26.3 Å². The first-order chi connectivity index (χ1) is 7.16. The third kappa shape index (κ3) is 2.25. The van der Waals surface area contributed by atoms with Crippen LogP contribution in [0.3, 0.4) is 0 Å². The minimum Gasteiger partial charge on any atom is -0.316 e. The van der Waals surface area contributed by atoms with Crippen LogP contribution in [0.5, 0.6) is 0 Å². The largest absolute Gasteiger partial charge is 0.407 e. The summed E-state index contributed by atoms with van der Waals surface area (Å²) in [7, 11) is 0. The molecule has 0 aliphatic carbocycles. The van der Waals surface area contributed by atoms with E-state index in [4.69, 9.17) is 11.6 Å². The maximum absolute atomic E-state index is 13.1. The molecule has 90 valence electrons. The summed E-state index contributed by atoms with van der Waals surface area (Å²) in [5, 5.41) is -1.23. The first-order valence-electron chi connectivity index (χ1n) is 3.81. The molecule has 0 saturated carbocycles. The molecule has 0 aromatic heterocycles. The number of alkyl halides is 3. The van der Waals surface area contributed by atoms with Crippen molar-refractivity contribution >= 4 is 11.6 Å². The third-order valence-corrected chi connectivity index (χ3v) is 2.16. The van der Waals surface area contributed by atoms with Crippen molar-refractivity contribution in [2.75, 3.05) is 0 Å². The highest BCUT2D eigenvalue weighted by molar-refractivity contribution is 6.31. The molecule has 1 rings (SSSR count). The lowest BCUT2D eigenvalue weighted by molar-refractivity contribution is -0.150. The molecule has 1 atom stereocenters. The molecule has 0 amide bonds. The second kappa shape index (κ2) is 4.14. The van der Waals surface area contributed by atoms with Gasteiger partial charge in [0.25, 0.3) is 0 Å². The average molecular weight is 264 g/mol. The van der Waals surface area contributed by atoms with Gasteiger partial charge in [-0.25, -0.2) is 13.2 Å². The highest BCUT2D eigenvalue weighted by atomic mass is 35.5. The molecule has 0 aliphatic rings. The molecule has 0 aliphatic heterocycles. The van der Waals surface area contributed by atoms with E-state index in [-0.39, 0.29) is 6.07 Å². The van der Waals surface area contributed by atoms with Crippen molar-refractivity contribution in [2.45, 2.75) is 12.2 Å². The first-order valence-corrected chi connectivity index (χ1v) is 4.19. The molecule has 0 heterocycles. The van der Waals surface area contributed by atoms with Gasteiger partial charge in [-0.1, -0.05) is 11.6 Å².